The van der Waals surface area contributed by atoms with Gasteiger partial charge in [-0.2, -0.15) is 0 Å². The number of hydrogen-bond acceptors (Lipinski definition) is 4. The maximum Gasteiger partial charge on any atom is 0.250 e. The summed E-state index contributed by atoms with van der Waals surface area (Å²) in [6.07, 6.45) is 6.98. The van der Waals surface area contributed by atoms with Crippen LogP contribution in [0.2, 0.25) is 10.0 Å². The minimum Gasteiger partial charge on any atom is -0.396 e. The summed E-state index contributed by atoms with van der Waals surface area (Å²) < 4.78 is 1.55. The molecule has 4 rings (SSSR count). The molecule has 1 saturated carbocycles. The highest BCUT2D eigenvalue weighted by Crippen LogP contribution is 2.37. The van der Waals surface area contributed by atoms with Crippen LogP contribution in [0.4, 0.5) is 0 Å². The first kappa shape index (κ1) is 25.2. The van der Waals surface area contributed by atoms with Gasteiger partial charge in [0.1, 0.15) is 0 Å². The molecule has 2 aliphatic rings. The van der Waals surface area contributed by atoms with Crippen LogP contribution in [0.5, 0.6) is 0 Å². The fraction of sp³-hybridized carbons (Fsp3) is 0.538. The molecule has 2 fully saturated rings. The largest absolute Gasteiger partial charge is 0.396 e. The first-order chi connectivity index (χ1) is 16.4. The number of aryl methyl sites for hydroxylation is 2. The lowest BCUT2D eigenvalue weighted by Gasteiger charge is -2.36. The molecule has 2 atom stereocenters. The standard InChI is InChI=1S/C26H33Cl2N3O3/c1-30-10-8-18(14-24(30)33)21-7-9-29-15-22(21)26(34)31(20-5-6-20)16-19-12-17(4-2-3-11-32)13-23(27)25(19)28/h8,10,12-14,20-22,29,32H,2-7,9,11,15-16H2,1H3. The molecule has 0 bridgehead atoms. The fourth-order valence-corrected chi connectivity index (χ4v) is 5.32. The van der Waals surface area contributed by atoms with Crippen LogP contribution in [-0.4, -0.2) is 46.2 Å². The molecule has 2 unspecified atom stereocenters. The van der Waals surface area contributed by atoms with Crippen molar-refractivity contribution in [1.29, 1.82) is 0 Å². The van der Waals surface area contributed by atoms with Gasteiger partial charge in [-0.05, 0) is 79.8 Å². The summed E-state index contributed by atoms with van der Waals surface area (Å²) in [5, 5.41) is 13.5. The molecule has 2 aromatic rings. The smallest absolute Gasteiger partial charge is 0.250 e. The predicted molar refractivity (Wildman–Crippen MR) is 135 cm³/mol. The van der Waals surface area contributed by atoms with Gasteiger partial charge in [0.25, 0.3) is 5.56 Å². The van der Waals surface area contributed by atoms with Crippen molar-refractivity contribution in [2.24, 2.45) is 13.0 Å². The average molecular weight is 506 g/mol. The third-order valence-electron chi connectivity index (χ3n) is 7.00. The molecular formula is C26H33Cl2N3O3. The van der Waals surface area contributed by atoms with Crippen LogP contribution < -0.4 is 10.9 Å². The number of amides is 1. The van der Waals surface area contributed by atoms with Gasteiger partial charge in [-0.25, -0.2) is 0 Å². The maximum atomic E-state index is 13.9. The predicted octanol–water partition coefficient (Wildman–Crippen LogP) is 3.89. The Hall–Kier alpha value is -1.86. The number of carbonyl (C=O) groups excluding carboxylic acids is 1. The van der Waals surface area contributed by atoms with Gasteiger partial charge in [-0.1, -0.05) is 29.3 Å². The van der Waals surface area contributed by atoms with Crippen LogP contribution >= 0.6 is 23.2 Å². The first-order valence-corrected chi connectivity index (χ1v) is 12.9. The maximum absolute atomic E-state index is 13.9. The van der Waals surface area contributed by atoms with E-state index in [1.165, 1.54) is 0 Å². The highest BCUT2D eigenvalue weighted by Gasteiger charge is 2.40. The molecule has 1 aliphatic heterocycles. The van der Waals surface area contributed by atoms with Crippen molar-refractivity contribution < 1.29 is 9.90 Å². The molecule has 184 valence electrons. The number of hydrogen-bond donors (Lipinski definition) is 2. The van der Waals surface area contributed by atoms with Gasteiger partial charge in [-0.15, -0.1) is 0 Å². The van der Waals surface area contributed by atoms with E-state index in [4.69, 9.17) is 28.3 Å². The second-order valence-corrected chi connectivity index (χ2v) is 10.3. The van der Waals surface area contributed by atoms with Crippen LogP contribution in [-0.2, 0) is 24.8 Å². The number of unbranched alkanes of at least 4 members (excludes halogenated alkanes) is 1. The minimum absolute atomic E-state index is 0.00720. The quantitative estimate of drug-likeness (QED) is 0.507. The highest BCUT2D eigenvalue weighted by molar-refractivity contribution is 6.42. The lowest BCUT2D eigenvalue weighted by atomic mass is 9.80. The molecule has 1 aromatic heterocycles. The summed E-state index contributed by atoms with van der Waals surface area (Å²) in [6, 6.07) is 7.78. The molecule has 1 amide bonds. The van der Waals surface area contributed by atoms with Gasteiger partial charge in [-0.3, -0.25) is 9.59 Å². The van der Waals surface area contributed by atoms with Crippen LogP contribution in [0.15, 0.2) is 35.3 Å². The van der Waals surface area contributed by atoms with E-state index in [0.29, 0.717) is 23.1 Å². The number of halogens is 2. The summed E-state index contributed by atoms with van der Waals surface area (Å²) in [7, 11) is 1.73. The molecule has 8 heteroatoms. The number of piperidine rings is 1. The van der Waals surface area contributed by atoms with Crippen molar-refractivity contribution in [3.8, 4) is 0 Å². The van der Waals surface area contributed by atoms with Crippen molar-refractivity contribution in [3.05, 3.63) is 67.6 Å². The minimum atomic E-state index is -0.233. The van der Waals surface area contributed by atoms with Crippen molar-refractivity contribution in [2.75, 3.05) is 19.7 Å². The molecule has 1 aromatic carbocycles. The van der Waals surface area contributed by atoms with E-state index in [1.54, 1.807) is 23.9 Å². The molecule has 1 aliphatic carbocycles. The second kappa shape index (κ2) is 11.3. The van der Waals surface area contributed by atoms with Crippen LogP contribution in [0.3, 0.4) is 0 Å². The summed E-state index contributed by atoms with van der Waals surface area (Å²) in [5.41, 5.74) is 2.81. The molecule has 34 heavy (non-hydrogen) atoms. The highest BCUT2D eigenvalue weighted by atomic mass is 35.5. The molecular weight excluding hydrogens is 473 g/mol. The number of aliphatic hydroxyl groups excluding tert-OH is 1. The first-order valence-electron chi connectivity index (χ1n) is 12.1. The van der Waals surface area contributed by atoms with Gasteiger partial charge < -0.3 is 19.9 Å². The van der Waals surface area contributed by atoms with Crippen LogP contribution in [0.25, 0.3) is 0 Å². The Bertz CT molecular complexity index is 1080. The third kappa shape index (κ3) is 5.85. The Kier molecular flexibility index (Phi) is 8.35. The van der Waals surface area contributed by atoms with Gasteiger partial charge in [0.05, 0.1) is 16.0 Å². The molecule has 1 saturated heterocycles. The number of aromatic nitrogens is 1. The lowest BCUT2D eigenvalue weighted by molar-refractivity contribution is -0.138. The van der Waals surface area contributed by atoms with Crippen LogP contribution in [0, 0.1) is 5.92 Å². The van der Waals surface area contributed by atoms with E-state index in [2.05, 4.69) is 5.32 Å². The zero-order chi connectivity index (χ0) is 24.2. The number of rotatable bonds is 9. The number of nitrogens with one attached hydrogen (secondary N) is 1. The average Bonchev–Trinajstić information content (AvgIpc) is 3.67. The topological polar surface area (TPSA) is 74.6 Å². The Labute approximate surface area is 210 Å². The van der Waals surface area contributed by atoms with Crippen molar-refractivity contribution >= 4 is 29.1 Å². The molecule has 6 nitrogen and oxygen atoms in total. The third-order valence-corrected chi connectivity index (χ3v) is 7.85. The fourth-order valence-electron chi connectivity index (χ4n) is 4.89. The number of pyridine rings is 1. The monoisotopic (exact) mass is 505 g/mol. The molecule has 0 radical (unpaired) electrons. The lowest BCUT2D eigenvalue weighted by Crippen LogP contribution is -2.47. The zero-order valence-electron chi connectivity index (χ0n) is 19.6. The van der Waals surface area contributed by atoms with E-state index in [-0.39, 0.29) is 36.0 Å². The summed E-state index contributed by atoms with van der Waals surface area (Å²) >= 11 is 13.0. The van der Waals surface area contributed by atoms with Gasteiger partial charge in [0, 0.05) is 45.0 Å². The molecule has 2 heterocycles. The van der Waals surface area contributed by atoms with E-state index < -0.39 is 0 Å². The van der Waals surface area contributed by atoms with Gasteiger partial charge in [0.15, 0.2) is 0 Å². The Balaban J connectivity index is 1.58. The normalized spacial score (nSPS) is 20.4. The zero-order valence-corrected chi connectivity index (χ0v) is 21.1. The summed E-state index contributed by atoms with van der Waals surface area (Å²) in [4.78, 5) is 28.1. The van der Waals surface area contributed by atoms with E-state index in [1.807, 2.05) is 23.1 Å². The summed E-state index contributed by atoms with van der Waals surface area (Å²) in [6.45, 7) is 2.01. The van der Waals surface area contributed by atoms with Crippen LogP contribution in [0.1, 0.15) is 54.7 Å². The van der Waals surface area contributed by atoms with E-state index >= 15 is 0 Å². The van der Waals surface area contributed by atoms with Crippen molar-refractivity contribution in [1.82, 2.24) is 14.8 Å². The van der Waals surface area contributed by atoms with Gasteiger partial charge in [0.2, 0.25) is 5.91 Å². The Morgan fingerprint density at radius 3 is 2.71 bits per heavy atom. The van der Waals surface area contributed by atoms with Crippen molar-refractivity contribution in [2.45, 2.75) is 57.0 Å². The number of aliphatic hydroxyl groups is 1. The molecule has 0 spiro atoms. The van der Waals surface area contributed by atoms with Gasteiger partial charge >= 0.3 is 0 Å². The van der Waals surface area contributed by atoms with E-state index in [0.717, 1.165) is 61.8 Å². The Morgan fingerprint density at radius 2 is 2.00 bits per heavy atom. The SMILES string of the molecule is Cn1ccc(C2CCNCC2C(=O)N(Cc2cc(CCCCO)cc(Cl)c2Cl)C2CC2)cc1=O. The number of nitrogens with zero attached hydrogens (tertiary/aromatic N) is 2. The number of carbonyl (C=O) groups is 1. The molecule has 2 N–H and O–H groups in total. The Morgan fingerprint density at radius 1 is 1.21 bits per heavy atom. The second-order valence-electron chi connectivity index (χ2n) is 9.54. The summed E-state index contributed by atoms with van der Waals surface area (Å²) in [5.74, 6) is -0.116. The van der Waals surface area contributed by atoms with Crippen molar-refractivity contribution in [3.63, 3.8) is 0 Å². The van der Waals surface area contributed by atoms with E-state index in [9.17, 15) is 9.59 Å². The number of benzene rings is 1.